The van der Waals surface area contributed by atoms with E-state index < -0.39 is 23.7 Å². The number of urea groups is 1. The lowest BCUT2D eigenvalue weighted by molar-refractivity contribution is -0.138. The lowest BCUT2D eigenvalue weighted by atomic mass is 9.91. The van der Waals surface area contributed by atoms with E-state index in [2.05, 4.69) is 17.2 Å². The molecule has 0 spiro atoms. The summed E-state index contributed by atoms with van der Waals surface area (Å²) in [7, 11) is 0. The van der Waals surface area contributed by atoms with E-state index in [0.717, 1.165) is 17.2 Å². The lowest BCUT2D eigenvalue weighted by Gasteiger charge is -2.36. The molecule has 8 nitrogen and oxygen atoms in total. The first-order valence-corrected chi connectivity index (χ1v) is 11.0. The van der Waals surface area contributed by atoms with Crippen molar-refractivity contribution < 1.29 is 28.6 Å². The van der Waals surface area contributed by atoms with E-state index in [1.54, 1.807) is 0 Å². The van der Waals surface area contributed by atoms with Crippen molar-refractivity contribution in [3.05, 3.63) is 76.7 Å². The predicted molar refractivity (Wildman–Crippen MR) is 124 cm³/mol. The maximum absolute atomic E-state index is 13.4. The van der Waals surface area contributed by atoms with Crippen molar-refractivity contribution in [3.63, 3.8) is 0 Å². The highest BCUT2D eigenvalue weighted by Crippen LogP contribution is 2.32. The van der Waals surface area contributed by atoms with Crippen molar-refractivity contribution in [2.75, 3.05) is 19.7 Å². The molecule has 3 rings (SSSR count). The van der Waals surface area contributed by atoms with E-state index in [9.17, 15) is 23.9 Å². The highest BCUT2D eigenvalue weighted by atomic mass is 35.5. The van der Waals surface area contributed by atoms with E-state index in [1.165, 1.54) is 17.0 Å². The Balaban J connectivity index is 1.45. The third kappa shape index (κ3) is 6.71. The normalized spacial score (nSPS) is 14.6. The number of carbonyl (C=O) groups is 3. The second-order valence-corrected chi connectivity index (χ2v) is 8.16. The van der Waals surface area contributed by atoms with Crippen LogP contribution in [0.3, 0.4) is 0 Å². The summed E-state index contributed by atoms with van der Waals surface area (Å²) in [5, 5.41) is 14.6. The number of fused-ring (bicyclic) bond motifs is 1. The molecule has 0 saturated heterocycles. The number of hydrogen-bond donors (Lipinski definition) is 3. The summed E-state index contributed by atoms with van der Waals surface area (Å²) < 4.78 is 18.6. The van der Waals surface area contributed by atoms with E-state index in [1.807, 2.05) is 24.3 Å². The molecule has 3 N–H and O–H groups in total. The monoisotopic (exact) mass is 489 g/mol. The number of aliphatic carboxylic acids is 1. The summed E-state index contributed by atoms with van der Waals surface area (Å²) in [4.78, 5) is 37.7. The smallest absolute Gasteiger partial charge is 0.317 e. The molecule has 0 aliphatic carbocycles. The van der Waals surface area contributed by atoms with Crippen LogP contribution in [0, 0.1) is 5.82 Å². The molecule has 1 atom stereocenters. The van der Waals surface area contributed by atoms with Crippen LogP contribution in [-0.4, -0.2) is 47.6 Å². The summed E-state index contributed by atoms with van der Waals surface area (Å²) in [5.41, 5.74) is 2.24. The van der Waals surface area contributed by atoms with Gasteiger partial charge in [-0.25, -0.2) is 9.18 Å². The van der Waals surface area contributed by atoms with Crippen LogP contribution in [0.15, 0.2) is 54.7 Å². The number of carbonyl (C=O) groups excluding carboxylic acids is 2. The summed E-state index contributed by atoms with van der Waals surface area (Å²) in [6, 6.07) is 10.4. The van der Waals surface area contributed by atoms with Gasteiger partial charge in [-0.3, -0.25) is 9.59 Å². The quantitative estimate of drug-likeness (QED) is 0.498. The first kappa shape index (κ1) is 25.0. The first-order chi connectivity index (χ1) is 16.2. The van der Waals surface area contributed by atoms with Gasteiger partial charge < -0.3 is 25.4 Å². The standard InChI is InChI=1S/C24H25ClFN3O5/c1-15(28-22(30)14-34-17-6-7-19(25)20(26)12-17)8-10-27-24(33)29-11-9-16-4-2-3-5-18(16)21(29)13-23(31)32/h2-7,12,21H,1,8-11,13-14H2,(H,27,33)(H,28,30)(H,31,32). The van der Waals surface area contributed by atoms with Crippen LogP contribution in [0.5, 0.6) is 5.75 Å². The largest absolute Gasteiger partial charge is 0.484 e. The number of carboxylic acids is 1. The zero-order chi connectivity index (χ0) is 24.7. The molecule has 0 radical (unpaired) electrons. The third-order valence-corrected chi connectivity index (χ3v) is 5.63. The third-order valence-electron chi connectivity index (χ3n) is 5.32. The number of carboxylic acid groups (broad SMARTS) is 1. The van der Waals surface area contributed by atoms with Crippen LogP contribution in [0.2, 0.25) is 5.02 Å². The Labute approximate surface area is 201 Å². The molecule has 10 heteroatoms. The van der Waals surface area contributed by atoms with Crippen molar-refractivity contribution in [1.29, 1.82) is 0 Å². The number of nitrogens with one attached hydrogen (secondary N) is 2. The molecule has 34 heavy (non-hydrogen) atoms. The highest BCUT2D eigenvalue weighted by Gasteiger charge is 2.32. The molecule has 2 aromatic carbocycles. The van der Waals surface area contributed by atoms with Crippen molar-refractivity contribution in [1.82, 2.24) is 15.5 Å². The first-order valence-electron chi connectivity index (χ1n) is 10.6. The number of nitrogens with zero attached hydrogens (tertiary/aromatic N) is 1. The van der Waals surface area contributed by atoms with Gasteiger partial charge in [-0.15, -0.1) is 0 Å². The molecule has 1 aliphatic heterocycles. The lowest BCUT2D eigenvalue weighted by Crippen LogP contribution is -2.46. The molecule has 0 aromatic heterocycles. The van der Waals surface area contributed by atoms with E-state index >= 15 is 0 Å². The van der Waals surface area contributed by atoms with Gasteiger partial charge in [-0.1, -0.05) is 42.4 Å². The number of rotatable bonds is 9. The van der Waals surface area contributed by atoms with Crippen molar-refractivity contribution in [2.24, 2.45) is 0 Å². The molecular formula is C24H25ClFN3O5. The fourth-order valence-corrected chi connectivity index (χ4v) is 3.83. The van der Waals surface area contributed by atoms with Crippen molar-refractivity contribution in [3.8, 4) is 5.75 Å². The van der Waals surface area contributed by atoms with Gasteiger partial charge in [-0.2, -0.15) is 0 Å². The maximum atomic E-state index is 13.4. The minimum Gasteiger partial charge on any atom is -0.484 e. The Morgan fingerprint density at radius 1 is 1.24 bits per heavy atom. The zero-order valence-electron chi connectivity index (χ0n) is 18.4. The van der Waals surface area contributed by atoms with Crippen molar-refractivity contribution >= 4 is 29.5 Å². The Hall–Kier alpha value is -3.59. The zero-order valence-corrected chi connectivity index (χ0v) is 19.1. The fourth-order valence-electron chi connectivity index (χ4n) is 3.71. The van der Waals surface area contributed by atoms with Crippen LogP contribution in [0.25, 0.3) is 0 Å². The SMILES string of the molecule is C=C(CCNC(=O)N1CCc2ccccc2C1CC(=O)O)NC(=O)COc1ccc(Cl)c(F)c1. The summed E-state index contributed by atoms with van der Waals surface area (Å²) in [6.45, 7) is 4.01. The van der Waals surface area contributed by atoms with Gasteiger partial charge in [0.15, 0.2) is 6.61 Å². The number of benzene rings is 2. The second-order valence-electron chi connectivity index (χ2n) is 7.75. The van der Waals surface area contributed by atoms with Crippen LogP contribution in [-0.2, 0) is 16.0 Å². The average Bonchev–Trinajstić information content (AvgIpc) is 2.79. The summed E-state index contributed by atoms with van der Waals surface area (Å²) in [6.07, 6.45) is 0.714. The molecular weight excluding hydrogens is 465 g/mol. The van der Waals surface area contributed by atoms with Gasteiger partial charge >= 0.3 is 12.0 Å². The topological polar surface area (TPSA) is 108 Å². The number of amides is 3. The van der Waals surface area contributed by atoms with Gasteiger partial charge in [0.25, 0.3) is 5.91 Å². The van der Waals surface area contributed by atoms with Crippen LogP contribution in [0.1, 0.15) is 30.0 Å². The van der Waals surface area contributed by atoms with Crippen LogP contribution >= 0.6 is 11.6 Å². The average molecular weight is 490 g/mol. The number of hydrogen-bond acceptors (Lipinski definition) is 4. The second kappa shape index (κ2) is 11.5. The minimum atomic E-state index is -0.987. The summed E-state index contributed by atoms with van der Waals surface area (Å²) in [5.74, 6) is -1.96. The van der Waals surface area contributed by atoms with Crippen molar-refractivity contribution in [2.45, 2.75) is 25.3 Å². The van der Waals surface area contributed by atoms with Gasteiger partial charge in [-0.05, 0) is 29.7 Å². The molecule has 0 fully saturated rings. The minimum absolute atomic E-state index is 0.0460. The molecule has 1 aliphatic rings. The maximum Gasteiger partial charge on any atom is 0.317 e. The number of ether oxygens (including phenoxy) is 1. The molecule has 0 bridgehead atoms. The van der Waals surface area contributed by atoms with Gasteiger partial charge in [0.05, 0.1) is 17.5 Å². The molecule has 1 heterocycles. The van der Waals surface area contributed by atoms with E-state index in [0.29, 0.717) is 18.7 Å². The Kier molecular flexibility index (Phi) is 8.48. The Bertz CT molecular complexity index is 1090. The van der Waals surface area contributed by atoms with E-state index in [4.69, 9.17) is 16.3 Å². The Morgan fingerprint density at radius 3 is 2.74 bits per heavy atom. The van der Waals surface area contributed by atoms with Gasteiger partial charge in [0.1, 0.15) is 11.6 Å². The number of halogens is 2. The van der Waals surface area contributed by atoms with Gasteiger partial charge in [0, 0.05) is 31.3 Å². The Morgan fingerprint density at radius 2 is 2.00 bits per heavy atom. The van der Waals surface area contributed by atoms with Crippen LogP contribution in [0.4, 0.5) is 9.18 Å². The van der Waals surface area contributed by atoms with E-state index in [-0.39, 0.29) is 42.8 Å². The fraction of sp³-hybridized carbons (Fsp3) is 0.292. The predicted octanol–water partition coefficient (Wildman–Crippen LogP) is 3.66. The van der Waals surface area contributed by atoms with Crippen LogP contribution < -0.4 is 15.4 Å². The highest BCUT2D eigenvalue weighted by molar-refractivity contribution is 6.30. The van der Waals surface area contributed by atoms with Gasteiger partial charge in [0.2, 0.25) is 0 Å². The molecule has 0 saturated carbocycles. The summed E-state index contributed by atoms with van der Waals surface area (Å²) >= 11 is 5.60. The molecule has 180 valence electrons. The molecule has 1 unspecified atom stereocenters. The molecule has 3 amide bonds. The molecule has 2 aromatic rings.